The summed E-state index contributed by atoms with van der Waals surface area (Å²) in [5.74, 6) is -2.00. The van der Waals surface area contributed by atoms with E-state index in [0.717, 1.165) is 65.2 Å². The quantitative estimate of drug-likeness (QED) is 0.0267. The maximum atomic E-state index is 13.7. The third-order valence-corrected chi connectivity index (χ3v) is 22.2. The van der Waals surface area contributed by atoms with Gasteiger partial charge in [-0.05, 0) is 26.2 Å². The van der Waals surface area contributed by atoms with E-state index in [4.69, 9.17) is 56.8 Å². The molecule has 35 heteroatoms. The lowest BCUT2D eigenvalue weighted by molar-refractivity contribution is -0.401. The minimum absolute atomic E-state index is 0.153. The van der Waals surface area contributed by atoms with Crippen molar-refractivity contribution in [1.29, 1.82) is 0 Å². The molecule has 0 aromatic carbocycles. The third kappa shape index (κ3) is 30.6. The molecule has 0 spiro atoms. The van der Waals surface area contributed by atoms with Gasteiger partial charge in [0.1, 0.15) is 140 Å². The fourth-order valence-electron chi connectivity index (χ4n) is 15.4. The molecule has 32 atom stereocenters. The van der Waals surface area contributed by atoms with E-state index in [-0.39, 0.29) is 12.3 Å². The van der Waals surface area contributed by atoms with Crippen molar-refractivity contribution in [2.45, 2.75) is 424 Å². The van der Waals surface area contributed by atoms with E-state index < -0.39 is 248 Å². The summed E-state index contributed by atoms with van der Waals surface area (Å²) in [5.41, 5.74) is 0. The summed E-state index contributed by atoms with van der Waals surface area (Å²) in [6.45, 7) is 2.19. The zero-order valence-corrected chi connectivity index (χ0v) is 66.8. The van der Waals surface area contributed by atoms with Crippen molar-refractivity contribution in [1.82, 2.24) is 16.0 Å². The molecule has 0 aliphatic carbocycles. The molecule has 12 unspecified atom stereocenters. The van der Waals surface area contributed by atoms with Crippen LogP contribution in [0, 0.1) is 0 Å². The second-order valence-electron chi connectivity index (χ2n) is 31.3. The third-order valence-electron chi connectivity index (χ3n) is 22.2. The lowest BCUT2D eigenvalue weighted by Crippen LogP contribution is -2.71. The van der Waals surface area contributed by atoms with Gasteiger partial charge >= 0.3 is 0 Å². The standard InChI is InChI=1S/C78H141N3O32/c1-6-8-10-12-14-16-18-20-21-22-23-25-27-29-31-33-35-37-54(90)81-47(48(89)36-34-32-30-28-26-24-19-17-15-13-11-9-7-2)43-102-75-65(99)63(97)68(52(41-85)107-75)109-78-67(101)72(69(53(42-86)108-78)110-73-55(79-45(4)87)61(95)58(92)49(38-82)104-73)113-77-66(100)71(60(94)51(40-84)106-77)112-74-56(80-46(5)88)70(59(93)50(39-83)105-74)111-76-64(98)62(96)57(91)44(3)103-76/h34,36,44,47-53,55-78,82-86,89,91-101H,6-33,35,37-43H2,1-5H3,(H,79,87)(H,80,88)(H,81,90)/b36-34+/t44?,47-,48+,49?,50?,51?,52?,53?,55?,56?,57+,58-,59+,60-,61+,62?,63+,64-,65?,66?,67?,68+,69-,70+,71-,72+,73-,74-,75+,76+,77+,78-/m0/s1. The van der Waals surface area contributed by atoms with E-state index in [1.165, 1.54) is 129 Å². The van der Waals surface area contributed by atoms with Crippen LogP contribution >= 0.6 is 0 Å². The largest absolute Gasteiger partial charge is 0.394 e. The van der Waals surface area contributed by atoms with Crippen LogP contribution in [0.1, 0.15) is 227 Å². The van der Waals surface area contributed by atoms with Gasteiger partial charge in [-0.1, -0.05) is 193 Å². The molecule has 6 heterocycles. The van der Waals surface area contributed by atoms with Crippen LogP contribution in [0.3, 0.4) is 0 Å². The fraction of sp³-hybridized carbons (Fsp3) is 0.936. The minimum atomic E-state index is -2.37. The highest BCUT2D eigenvalue weighted by Crippen LogP contribution is 2.39. The molecule has 6 aliphatic rings. The summed E-state index contributed by atoms with van der Waals surface area (Å²) in [6.07, 6.45) is -18.5. The number of carbonyl (C=O) groups excluding carboxylic acids is 3. The molecule has 6 fully saturated rings. The second kappa shape index (κ2) is 52.9. The lowest BCUT2D eigenvalue weighted by atomic mass is 9.94. The molecule has 35 nitrogen and oxygen atoms in total. The molecule has 0 bridgehead atoms. The number of allylic oxidation sites excluding steroid dienone is 1. The van der Waals surface area contributed by atoms with Crippen LogP contribution in [-0.2, 0) is 71.2 Å². The highest BCUT2D eigenvalue weighted by atomic mass is 16.8. The monoisotopic (exact) mass is 1630 g/mol. The number of amides is 3. The maximum absolute atomic E-state index is 13.7. The SMILES string of the molecule is CCCCCCCCCCCCC/C=C/[C@@H](O)[C@H](CO[C@@H]1OC(CO)[C@@H](O[C@@H]2OC(CO)[C@H](O[C@@H]3OC(CO)[C@H](O)[C@H](O)C3NC(C)=O)[C@H](O[C@H]3OC(CO)[C@H](O)[C@H](O[C@@H]4OC(CO)[C@@H](O)[C@H](O[C@H]5OC(C)[C@@H](O)C(O)[C@@H]5O)C4NC(C)=O)C3O)C2O)[C@H](O)C1O)NC(=O)CCCCCCCCCCCCCCCCCCC. The number of hydrogen-bond donors (Lipinski definition) is 20. The molecule has 0 saturated carbocycles. The first kappa shape index (κ1) is 98.8. The van der Waals surface area contributed by atoms with Crippen molar-refractivity contribution in [3.8, 4) is 0 Å². The molecule has 6 rings (SSSR count). The topological polar surface area (TPSA) is 542 Å². The Morgan fingerprint density at radius 2 is 0.735 bits per heavy atom. The molecule has 660 valence electrons. The summed E-state index contributed by atoms with van der Waals surface area (Å²) in [7, 11) is 0. The van der Waals surface area contributed by atoms with Gasteiger partial charge in [0.25, 0.3) is 0 Å². The smallest absolute Gasteiger partial charge is 0.220 e. The number of unbranched alkanes of at least 4 members (excludes halogenated alkanes) is 27. The molecule has 0 aromatic rings. The van der Waals surface area contributed by atoms with Crippen molar-refractivity contribution >= 4 is 17.7 Å². The van der Waals surface area contributed by atoms with Gasteiger partial charge in [0.05, 0.1) is 57.9 Å². The Morgan fingerprint density at radius 1 is 0.363 bits per heavy atom. The molecule has 3 amide bonds. The van der Waals surface area contributed by atoms with Crippen LogP contribution in [0.4, 0.5) is 0 Å². The summed E-state index contributed by atoms with van der Waals surface area (Å²) >= 11 is 0. The molecule has 113 heavy (non-hydrogen) atoms. The van der Waals surface area contributed by atoms with E-state index in [2.05, 4.69) is 29.8 Å². The molecular weight excluding hydrogens is 1490 g/mol. The molecule has 20 N–H and O–H groups in total. The van der Waals surface area contributed by atoms with E-state index >= 15 is 0 Å². The Balaban J connectivity index is 1.19. The lowest BCUT2D eigenvalue weighted by Gasteiger charge is -2.51. The molecule has 6 saturated heterocycles. The number of nitrogens with one attached hydrogen (secondary N) is 3. The fourth-order valence-corrected chi connectivity index (χ4v) is 15.4. The van der Waals surface area contributed by atoms with E-state index in [1.54, 1.807) is 6.08 Å². The molecule has 0 aromatic heterocycles. The average Bonchev–Trinajstić information content (AvgIpc) is 0.764. The summed E-state index contributed by atoms with van der Waals surface area (Å²) < 4.78 is 72.4. The predicted molar refractivity (Wildman–Crippen MR) is 402 cm³/mol. The number of hydrogen-bond acceptors (Lipinski definition) is 32. The minimum Gasteiger partial charge on any atom is -0.394 e. The summed E-state index contributed by atoms with van der Waals surface area (Å²) in [5, 5.41) is 199. The molecular formula is C78H141N3O32. The first-order chi connectivity index (χ1) is 54.3. The van der Waals surface area contributed by atoms with E-state index in [0.29, 0.717) is 12.8 Å². The first-order valence-corrected chi connectivity index (χ1v) is 41.8. The number of aliphatic hydroxyl groups is 17. The van der Waals surface area contributed by atoms with Crippen LogP contribution < -0.4 is 16.0 Å². The first-order valence-electron chi connectivity index (χ1n) is 41.8. The second-order valence-corrected chi connectivity index (χ2v) is 31.3. The summed E-state index contributed by atoms with van der Waals surface area (Å²) in [6, 6.07) is -4.56. The van der Waals surface area contributed by atoms with Crippen LogP contribution in [-0.4, -0.2) is 340 Å². The number of rotatable bonds is 53. The van der Waals surface area contributed by atoms with Gasteiger partial charge in [0.15, 0.2) is 37.7 Å². The molecule has 6 aliphatic heterocycles. The predicted octanol–water partition coefficient (Wildman–Crippen LogP) is -0.616. The van der Waals surface area contributed by atoms with Gasteiger partial charge in [-0.3, -0.25) is 14.4 Å². The van der Waals surface area contributed by atoms with Gasteiger partial charge in [-0.25, -0.2) is 0 Å². The maximum Gasteiger partial charge on any atom is 0.220 e. The Labute approximate surface area is 664 Å². The molecule has 0 radical (unpaired) electrons. The van der Waals surface area contributed by atoms with Gasteiger partial charge in [0, 0.05) is 20.3 Å². The van der Waals surface area contributed by atoms with E-state index in [9.17, 15) is 101 Å². The van der Waals surface area contributed by atoms with Gasteiger partial charge in [-0.15, -0.1) is 0 Å². The van der Waals surface area contributed by atoms with Crippen LogP contribution in [0.5, 0.6) is 0 Å². The van der Waals surface area contributed by atoms with Crippen molar-refractivity contribution < 1.29 is 158 Å². The van der Waals surface area contributed by atoms with Crippen LogP contribution in [0.25, 0.3) is 0 Å². The Bertz CT molecular complexity index is 2620. The Hall–Kier alpha value is -3.01. The zero-order valence-electron chi connectivity index (χ0n) is 66.8. The van der Waals surface area contributed by atoms with Gasteiger partial charge in [0.2, 0.25) is 17.7 Å². The number of aliphatic hydroxyl groups excluding tert-OH is 17. The highest BCUT2D eigenvalue weighted by molar-refractivity contribution is 5.76. The van der Waals surface area contributed by atoms with Gasteiger partial charge in [-0.2, -0.15) is 0 Å². The highest BCUT2D eigenvalue weighted by Gasteiger charge is 2.59. The normalized spacial score (nSPS) is 37.0. The van der Waals surface area contributed by atoms with Crippen LogP contribution in [0.15, 0.2) is 12.2 Å². The van der Waals surface area contributed by atoms with Crippen molar-refractivity contribution in [3.05, 3.63) is 12.2 Å². The average molecular weight is 1630 g/mol. The van der Waals surface area contributed by atoms with Crippen LogP contribution in [0.2, 0.25) is 0 Å². The summed E-state index contributed by atoms with van der Waals surface area (Å²) in [4.78, 5) is 39.2. The van der Waals surface area contributed by atoms with Crippen molar-refractivity contribution in [2.24, 2.45) is 0 Å². The van der Waals surface area contributed by atoms with Crippen molar-refractivity contribution in [3.63, 3.8) is 0 Å². The van der Waals surface area contributed by atoms with Gasteiger partial charge < -0.3 is 160 Å². The van der Waals surface area contributed by atoms with Crippen molar-refractivity contribution in [2.75, 3.05) is 39.6 Å². The Morgan fingerprint density at radius 3 is 1.24 bits per heavy atom. The number of carbonyl (C=O) groups is 3. The van der Waals surface area contributed by atoms with E-state index in [1.807, 2.05) is 6.08 Å². The Kier molecular flexibility index (Phi) is 46.3. The zero-order chi connectivity index (χ0) is 82.7. The number of ether oxygens (including phenoxy) is 12.